The van der Waals surface area contributed by atoms with Gasteiger partial charge >= 0.3 is 0 Å². The molecule has 0 amide bonds. The van der Waals surface area contributed by atoms with Crippen LogP contribution in [-0.2, 0) is 6.42 Å². The molecule has 1 nitrogen and oxygen atoms in total. The van der Waals surface area contributed by atoms with Crippen LogP contribution in [0.5, 0.6) is 0 Å². The van der Waals surface area contributed by atoms with Crippen LogP contribution < -0.4 is 5.32 Å². The van der Waals surface area contributed by atoms with Crippen molar-refractivity contribution in [2.24, 2.45) is 5.92 Å². The van der Waals surface area contributed by atoms with Gasteiger partial charge in [-0.05, 0) is 54.5 Å². The van der Waals surface area contributed by atoms with Crippen molar-refractivity contribution >= 4 is 11.3 Å². The Morgan fingerprint density at radius 3 is 3.06 bits per heavy atom. The van der Waals surface area contributed by atoms with Crippen LogP contribution in [0.2, 0.25) is 0 Å². The minimum absolute atomic E-state index is 0.616. The van der Waals surface area contributed by atoms with Crippen molar-refractivity contribution in [1.82, 2.24) is 5.32 Å². The monoisotopic (exact) mass is 251 g/mol. The zero-order valence-corrected chi connectivity index (χ0v) is 11.9. The van der Waals surface area contributed by atoms with E-state index in [0.717, 1.165) is 12.0 Å². The van der Waals surface area contributed by atoms with Crippen LogP contribution in [0.15, 0.2) is 16.8 Å². The lowest BCUT2D eigenvalue weighted by Crippen LogP contribution is -2.40. The third kappa shape index (κ3) is 4.11. The molecule has 1 N–H and O–H groups in total. The summed E-state index contributed by atoms with van der Waals surface area (Å²) >= 11 is 1.80. The van der Waals surface area contributed by atoms with Crippen LogP contribution in [0.1, 0.15) is 51.5 Å². The van der Waals surface area contributed by atoms with Gasteiger partial charge in [0.2, 0.25) is 0 Å². The number of thiophene rings is 1. The first-order chi connectivity index (χ1) is 8.28. The fourth-order valence-electron chi connectivity index (χ4n) is 3.04. The molecule has 3 atom stereocenters. The lowest BCUT2D eigenvalue weighted by Gasteiger charge is -2.31. The van der Waals surface area contributed by atoms with Crippen LogP contribution >= 0.6 is 11.3 Å². The third-order valence-corrected chi connectivity index (χ3v) is 4.73. The van der Waals surface area contributed by atoms with Crippen LogP contribution in [0.4, 0.5) is 0 Å². The molecular formula is C15H25NS. The van der Waals surface area contributed by atoms with Gasteiger partial charge in [0.25, 0.3) is 0 Å². The van der Waals surface area contributed by atoms with Crippen LogP contribution in [0.25, 0.3) is 0 Å². The minimum atomic E-state index is 0.616. The van der Waals surface area contributed by atoms with Gasteiger partial charge in [0.15, 0.2) is 0 Å². The average molecular weight is 251 g/mol. The molecule has 0 spiro atoms. The zero-order chi connectivity index (χ0) is 12.1. The van der Waals surface area contributed by atoms with E-state index in [2.05, 4.69) is 36.0 Å². The molecule has 17 heavy (non-hydrogen) atoms. The van der Waals surface area contributed by atoms with E-state index in [-0.39, 0.29) is 0 Å². The summed E-state index contributed by atoms with van der Waals surface area (Å²) in [5, 5.41) is 8.27. The Morgan fingerprint density at radius 2 is 2.35 bits per heavy atom. The molecule has 1 fully saturated rings. The maximum Gasteiger partial charge on any atom is 0.00820 e. The summed E-state index contributed by atoms with van der Waals surface area (Å²) in [5.74, 6) is 0.967. The SMILES string of the molecule is CCC1CCCC(NC(C)Cc2ccsc2)C1. The Morgan fingerprint density at radius 1 is 1.47 bits per heavy atom. The maximum atomic E-state index is 3.83. The van der Waals surface area contributed by atoms with Gasteiger partial charge in [-0.25, -0.2) is 0 Å². The Labute approximate surface area is 110 Å². The second-order valence-electron chi connectivity index (χ2n) is 5.54. The van der Waals surface area contributed by atoms with Crippen molar-refractivity contribution in [3.05, 3.63) is 22.4 Å². The fourth-order valence-corrected chi connectivity index (χ4v) is 3.72. The van der Waals surface area contributed by atoms with Crippen LogP contribution in [0.3, 0.4) is 0 Å². The molecule has 3 unspecified atom stereocenters. The lowest BCUT2D eigenvalue weighted by molar-refractivity contribution is 0.264. The molecule has 2 rings (SSSR count). The maximum absolute atomic E-state index is 3.83. The van der Waals surface area contributed by atoms with Gasteiger partial charge in [0, 0.05) is 12.1 Å². The summed E-state index contributed by atoms with van der Waals surface area (Å²) in [7, 11) is 0. The Hall–Kier alpha value is -0.340. The van der Waals surface area contributed by atoms with Gasteiger partial charge < -0.3 is 5.32 Å². The molecule has 0 bridgehead atoms. The Balaban J connectivity index is 1.76. The van der Waals surface area contributed by atoms with Crippen molar-refractivity contribution < 1.29 is 0 Å². The van der Waals surface area contributed by atoms with Crippen LogP contribution in [-0.4, -0.2) is 12.1 Å². The summed E-state index contributed by atoms with van der Waals surface area (Å²) in [6.45, 7) is 4.66. The van der Waals surface area contributed by atoms with Gasteiger partial charge in [-0.15, -0.1) is 0 Å². The van der Waals surface area contributed by atoms with Gasteiger partial charge in [-0.1, -0.05) is 26.2 Å². The van der Waals surface area contributed by atoms with Crippen molar-refractivity contribution in [2.75, 3.05) is 0 Å². The van der Waals surface area contributed by atoms with Crippen molar-refractivity contribution in [3.63, 3.8) is 0 Å². The van der Waals surface area contributed by atoms with Crippen molar-refractivity contribution in [1.29, 1.82) is 0 Å². The second-order valence-corrected chi connectivity index (χ2v) is 6.32. The molecule has 1 aliphatic rings. The standard InChI is InChI=1S/C15H25NS/c1-3-13-5-4-6-15(10-13)16-12(2)9-14-7-8-17-11-14/h7-8,11-13,15-16H,3-6,9-10H2,1-2H3. The summed E-state index contributed by atoms with van der Waals surface area (Å²) in [5.41, 5.74) is 1.48. The normalized spacial score (nSPS) is 26.9. The van der Waals surface area contributed by atoms with E-state index in [4.69, 9.17) is 0 Å². The largest absolute Gasteiger partial charge is 0.311 e. The first-order valence-electron chi connectivity index (χ1n) is 7.05. The fraction of sp³-hybridized carbons (Fsp3) is 0.733. The quantitative estimate of drug-likeness (QED) is 0.825. The van der Waals surface area contributed by atoms with E-state index in [1.165, 1.54) is 44.1 Å². The highest BCUT2D eigenvalue weighted by molar-refractivity contribution is 7.07. The highest BCUT2D eigenvalue weighted by Gasteiger charge is 2.21. The zero-order valence-electron chi connectivity index (χ0n) is 11.1. The van der Waals surface area contributed by atoms with E-state index in [1.807, 2.05) is 0 Å². The predicted octanol–water partition coefficient (Wildman–Crippen LogP) is 4.24. The molecule has 1 heterocycles. The third-order valence-electron chi connectivity index (χ3n) is 4.00. The first kappa shape index (κ1) is 13.1. The van der Waals surface area contributed by atoms with Gasteiger partial charge in [-0.3, -0.25) is 0 Å². The first-order valence-corrected chi connectivity index (χ1v) is 7.99. The molecule has 1 aliphatic carbocycles. The minimum Gasteiger partial charge on any atom is -0.311 e. The summed E-state index contributed by atoms with van der Waals surface area (Å²) < 4.78 is 0. The molecule has 0 radical (unpaired) electrons. The highest BCUT2D eigenvalue weighted by Crippen LogP contribution is 2.26. The van der Waals surface area contributed by atoms with Crippen molar-refractivity contribution in [2.45, 2.75) is 64.5 Å². The second kappa shape index (κ2) is 6.55. The number of hydrogen-bond acceptors (Lipinski definition) is 2. The molecular weight excluding hydrogens is 226 g/mol. The Kier molecular flexibility index (Phi) is 5.05. The molecule has 96 valence electrons. The highest BCUT2D eigenvalue weighted by atomic mass is 32.1. The number of rotatable bonds is 5. The average Bonchev–Trinajstić information content (AvgIpc) is 2.82. The Bertz CT molecular complexity index is 307. The summed E-state index contributed by atoms with van der Waals surface area (Å²) in [4.78, 5) is 0. The van der Waals surface area contributed by atoms with Gasteiger partial charge in [0.05, 0.1) is 0 Å². The van der Waals surface area contributed by atoms with E-state index >= 15 is 0 Å². The molecule has 0 aromatic carbocycles. The van der Waals surface area contributed by atoms with Crippen molar-refractivity contribution in [3.8, 4) is 0 Å². The van der Waals surface area contributed by atoms with Gasteiger partial charge in [-0.2, -0.15) is 11.3 Å². The predicted molar refractivity (Wildman–Crippen MR) is 76.7 cm³/mol. The molecule has 0 aliphatic heterocycles. The summed E-state index contributed by atoms with van der Waals surface area (Å²) in [6.07, 6.45) is 8.18. The molecule has 0 saturated heterocycles. The van der Waals surface area contributed by atoms with Gasteiger partial charge in [0.1, 0.15) is 0 Å². The van der Waals surface area contributed by atoms with Crippen LogP contribution in [0, 0.1) is 5.92 Å². The van der Waals surface area contributed by atoms with E-state index in [9.17, 15) is 0 Å². The molecule has 1 saturated carbocycles. The smallest absolute Gasteiger partial charge is 0.00820 e. The van der Waals surface area contributed by atoms with E-state index in [0.29, 0.717) is 6.04 Å². The lowest BCUT2D eigenvalue weighted by atomic mass is 9.84. The molecule has 2 heteroatoms. The van der Waals surface area contributed by atoms with E-state index in [1.54, 1.807) is 11.3 Å². The molecule has 1 aromatic rings. The number of nitrogens with one attached hydrogen (secondary N) is 1. The number of hydrogen-bond donors (Lipinski definition) is 1. The summed E-state index contributed by atoms with van der Waals surface area (Å²) in [6, 6.07) is 3.63. The topological polar surface area (TPSA) is 12.0 Å². The van der Waals surface area contributed by atoms with E-state index < -0.39 is 0 Å². The molecule has 1 aromatic heterocycles.